The van der Waals surface area contributed by atoms with Gasteiger partial charge >= 0.3 is 18.1 Å². The summed E-state index contributed by atoms with van der Waals surface area (Å²) in [5.41, 5.74) is -0.644. The second kappa shape index (κ2) is 8.45. The highest BCUT2D eigenvalue weighted by atomic mass is 19.4. The molecule has 0 radical (unpaired) electrons. The molecular formula is C17H28F3N3O4. The van der Waals surface area contributed by atoms with E-state index in [9.17, 15) is 27.6 Å². The molecule has 0 bridgehead atoms. The van der Waals surface area contributed by atoms with Crippen molar-refractivity contribution in [3.05, 3.63) is 0 Å². The zero-order valence-electron chi connectivity index (χ0n) is 16.6. The van der Waals surface area contributed by atoms with Crippen molar-refractivity contribution in [2.45, 2.75) is 46.0 Å². The Morgan fingerprint density at radius 1 is 1.04 bits per heavy atom. The molecule has 27 heavy (non-hydrogen) atoms. The van der Waals surface area contributed by atoms with Crippen molar-refractivity contribution in [1.82, 2.24) is 14.7 Å². The quantitative estimate of drug-likeness (QED) is 0.527. The van der Waals surface area contributed by atoms with Crippen LogP contribution in [0.1, 0.15) is 27.7 Å². The molecule has 2 atom stereocenters. The molecule has 1 fully saturated rings. The average Bonchev–Trinajstić information content (AvgIpc) is 2.51. The van der Waals surface area contributed by atoms with Crippen LogP contribution in [-0.4, -0.2) is 91.1 Å². The van der Waals surface area contributed by atoms with Crippen LogP contribution in [0.2, 0.25) is 0 Å². The van der Waals surface area contributed by atoms with E-state index in [1.54, 1.807) is 18.7 Å². The van der Waals surface area contributed by atoms with Crippen LogP contribution < -0.4 is 0 Å². The summed E-state index contributed by atoms with van der Waals surface area (Å²) in [6.07, 6.45) is -4.70. The summed E-state index contributed by atoms with van der Waals surface area (Å²) in [6.45, 7) is 6.00. The predicted octanol–water partition coefficient (Wildman–Crippen LogP) is 1.13. The maximum atomic E-state index is 12.9. The van der Waals surface area contributed by atoms with Crippen molar-refractivity contribution in [3.8, 4) is 0 Å². The molecule has 1 rings (SSSR count). The number of alkyl halides is 3. The molecule has 0 N–H and O–H groups in total. The number of carbonyl (C=O) groups is 3. The number of nitrogens with zero attached hydrogens (tertiary/aromatic N) is 3. The van der Waals surface area contributed by atoms with E-state index in [0.717, 1.165) is 4.90 Å². The predicted molar refractivity (Wildman–Crippen MR) is 91.7 cm³/mol. The monoisotopic (exact) mass is 395 g/mol. The Balaban J connectivity index is 2.79. The summed E-state index contributed by atoms with van der Waals surface area (Å²) >= 11 is 0. The van der Waals surface area contributed by atoms with Crippen LogP contribution in [0.4, 0.5) is 13.2 Å². The molecule has 2 amide bonds. The normalized spacial score (nSPS) is 21.4. The van der Waals surface area contributed by atoms with E-state index in [2.05, 4.69) is 4.74 Å². The lowest BCUT2D eigenvalue weighted by atomic mass is 9.89. The summed E-state index contributed by atoms with van der Waals surface area (Å²) < 4.78 is 40.5. The Kier molecular flexibility index (Phi) is 7.26. The van der Waals surface area contributed by atoms with Crippen LogP contribution in [0.15, 0.2) is 0 Å². The number of esters is 1. The van der Waals surface area contributed by atoms with E-state index in [1.165, 1.54) is 0 Å². The number of ether oxygens (including phenoxy) is 1. The molecule has 1 aliphatic rings. The van der Waals surface area contributed by atoms with E-state index in [1.807, 2.05) is 32.8 Å². The topological polar surface area (TPSA) is 70.2 Å². The van der Waals surface area contributed by atoms with Crippen LogP contribution in [-0.2, 0) is 19.1 Å². The maximum Gasteiger partial charge on any atom is 0.422 e. The minimum absolute atomic E-state index is 0.0465. The van der Waals surface area contributed by atoms with Crippen molar-refractivity contribution in [2.24, 2.45) is 5.41 Å². The SMILES string of the molecule is C[C@@H]1CN(C(=O)C(=O)OCC(F)(F)F)[C@@H](C)CN1C(=O)C(C)(C)CN(C)C. The fourth-order valence-electron chi connectivity index (χ4n) is 3.27. The van der Waals surface area contributed by atoms with E-state index >= 15 is 0 Å². The van der Waals surface area contributed by atoms with Gasteiger partial charge < -0.3 is 19.4 Å². The number of amides is 2. The average molecular weight is 395 g/mol. The summed E-state index contributed by atoms with van der Waals surface area (Å²) in [5.74, 6) is -2.75. The molecule has 0 aromatic rings. The summed E-state index contributed by atoms with van der Waals surface area (Å²) in [5, 5.41) is 0. The third-order valence-electron chi connectivity index (χ3n) is 4.34. The van der Waals surface area contributed by atoms with Crippen molar-refractivity contribution in [2.75, 3.05) is 40.3 Å². The second-order valence-electron chi connectivity index (χ2n) is 7.93. The number of rotatable bonds is 4. The highest BCUT2D eigenvalue weighted by Gasteiger charge is 2.42. The Morgan fingerprint density at radius 3 is 2.00 bits per heavy atom. The molecule has 0 saturated carbocycles. The fourth-order valence-corrected chi connectivity index (χ4v) is 3.27. The molecule has 0 aromatic heterocycles. The molecule has 0 unspecified atom stereocenters. The molecule has 1 saturated heterocycles. The summed E-state index contributed by atoms with van der Waals surface area (Å²) in [4.78, 5) is 41.4. The van der Waals surface area contributed by atoms with Gasteiger partial charge in [-0.1, -0.05) is 0 Å². The van der Waals surface area contributed by atoms with Gasteiger partial charge in [-0.2, -0.15) is 13.2 Å². The van der Waals surface area contributed by atoms with Gasteiger partial charge in [-0.05, 0) is 41.8 Å². The zero-order valence-corrected chi connectivity index (χ0v) is 16.6. The number of halogens is 3. The maximum absolute atomic E-state index is 12.9. The first kappa shape index (κ1) is 23.2. The first-order chi connectivity index (χ1) is 12.2. The van der Waals surface area contributed by atoms with Gasteiger partial charge in [0.05, 0.1) is 5.41 Å². The first-order valence-corrected chi connectivity index (χ1v) is 8.66. The van der Waals surface area contributed by atoms with Crippen molar-refractivity contribution in [3.63, 3.8) is 0 Å². The van der Waals surface area contributed by atoms with Gasteiger partial charge in [0.1, 0.15) is 0 Å². The molecule has 0 aliphatic carbocycles. The largest absolute Gasteiger partial charge is 0.449 e. The Labute approximate surface area is 157 Å². The van der Waals surface area contributed by atoms with E-state index in [-0.39, 0.29) is 25.0 Å². The molecule has 7 nitrogen and oxygen atoms in total. The Morgan fingerprint density at radius 2 is 1.52 bits per heavy atom. The lowest BCUT2D eigenvalue weighted by Crippen LogP contribution is -2.63. The highest BCUT2D eigenvalue weighted by molar-refractivity contribution is 6.32. The second-order valence-corrected chi connectivity index (χ2v) is 7.93. The molecule has 10 heteroatoms. The number of hydrogen-bond acceptors (Lipinski definition) is 5. The Bertz CT molecular complexity index is 578. The van der Waals surface area contributed by atoms with Crippen LogP contribution >= 0.6 is 0 Å². The lowest BCUT2D eigenvalue weighted by Gasteiger charge is -2.46. The molecule has 156 valence electrons. The van der Waals surface area contributed by atoms with E-state index in [0.29, 0.717) is 6.54 Å². The smallest absolute Gasteiger partial charge is 0.422 e. The van der Waals surface area contributed by atoms with Gasteiger partial charge in [0.15, 0.2) is 6.61 Å². The molecule has 1 aliphatic heterocycles. The number of hydrogen-bond donors (Lipinski definition) is 0. The minimum atomic E-state index is -4.70. The zero-order chi connectivity index (χ0) is 21.2. The molecule has 0 spiro atoms. The van der Waals surface area contributed by atoms with Gasteiger partial charge in [0, 0.05) is 31.7 Å². The highest BCUT2D eigenvalue weighted by Crippen LogP contribution is 2.25. The van der Waals surface area contributed by atoms with Crippen molar-refractivity contribution < 1.29 is 32.3 Å². The van der Waals surface area contributed by atoms with Crippen LogP contribution in [0.25, 0.3) is 0 Å². The molecular weight excluding hydrogens is 367 g/mol. The van der Waals surface area contributed by atoms with Gasteiger partial charge in [-0.25, -0.2) is 4.79 Å². The van der Waals surface area contributed by atoms with Gasteiger partial charge in [-0.15, -0.1) is 0 Å². The van der Waals surface area contributed by atoms with Gasteiger partial charge in [-0.3, -0.25) is 9.59 Å². The summed E-state index contributed by atoms with van der Waals surface area (Å²) in [7, 11) is 3.73. The Hall–Kier alpha value is -1.84. The van der Waals surface area contributed by atoms with Gasteiger partial charge in [0.2, 0.25) is 5.91 Å². The van der Waals surface area contributed by atoms with Crippen molar-refractivity contribution >= 4 is 17.8 Å². The van der Waals surface area contributed by atoms with E-state index < -0.39 is 36.1 Å². The number of piperazine rings is 1. The van der Waals surface area contributed by atoms with Crippen LogP contribution in [0.5, 0.6) is 0 Å². The molecule has 0 aromatic carbocycles. The standard InChI is InChI=1S/C17H28F3N3O4/c1-11-8-23(15(26)16(3,4)9-21(5)6)12(2)7-22(11)13(24)14(25)27-10-17(18,19)20/h11-12H,7-10H2,1-6H3/t11-,12+/m0/s1. The van der Waals surface area contributed by atoms with Crippen LogP contribution in [0, 0.1) is 5.41 Å². The van der Waals surface area contributed by atoms with Crippen molar-refractivity contribution in [1.29, 1.82) is 0 Å². The first-order valence-electron chi connectivity index (χ1n) is 8.66. The fraction of sp³-hybridized carbons (Fsp3) is 0.824. The lowest BCUT2D eigenvalue weighted by molar-refractivity contribution is -0.190. The summed E-state index contributed by atoms with van der Waals surface area (Å²) in [6, 6.07) is -0.902. The van der Waals surface area contributed by atoms with Gasteiger partial charge in [0.25, 0.3) is 0 Å². The van der Waals surface area contributed by atoms with E-state index in [4.69, 9.17) is 0 Å². The minimum Gasteiger partial charge on any atom is -0.449 e. The third-order valence-corrected chi connectivity index (χ3v) is 4.34. The number of carbonyl (C=O) groups excluding carboxylic acids is 3. The van der Waals surface area contributed by atoms with Crippen LogP contribution in [0.3, 0.4) is 0 Å². The molecule has 1 heterocycles. The third kappa shape index (κ3) is 6.37.